The molecule has 0 unspecified atom stereocenters. The zero-order valence-electron chi connectivity index (χ0n) is 10.9. The van der Waals surface area contributed by atoms with Gasteiger partial charge in [-0.05, 0) is 43.5 Å². The molecule has 5 heteroatoms. The Hall–Kier alpha value is -1.35. The summed E-state index contributed by atoms with van der Waals surface area (Å²) in [6.45, 7) is 0.939. The molecular weight excluding hydrogens is 210 g/mol. The van der Waals surface area contributed by atoms with Crippen LogP contribution in [0.15, 0.2) is 24.4 Å². The molecular formula is C12H18B2N2O. The van der Waals surface area contributed by atoms with Gasteiger partial charge in [-0.25, -0.2) is 0 Å². The Bertz CT molecular complexity index is 534. The zero-order chi connectivity index (χ0) is 12.6. The highest BCUT2D eigenvalue weighted by Gasteiger charge is 2.25. The van der Waals surface area contributed by atoms with Gasteiger partial charge in [0.05, 0.1) is 0 Å². The average molecular weight is 228 g/mol. The number of rotatable bonds is 3. The number of phenols is 1. The first-order chi connectivity index (χ1) is 7.92. The Kier molecular flexibility index (Phi) is 2.96. The SMILES string of the molecule is BC(B)(CN(C)C)c1c[nH]c2cccc(O)c12. The normalized spacial score (nSPS) is 12.4. The first kappa shape index (κ1) is 12.1. The molecule has 1 aromatic carbocycles. The van der Waals surface area contributed by atoms with E-state index in [-0.39, 0.29) is 5.21 Å². The lowest BCUT2D eigenvalue weighted by molar-refractivity contribution is 0.392. The number of nitrogens with one attached hydrogen (secondary N) is 1. The molecule has 0 radical (unpaired) electrons. The van der Waals surface area contributed by atoms with E-state index in [1.165, 1.54) is 5.56 Å². The summed E-state index contributed by atoms with van der Waals surface area (Å²) in [6, 6.07) is 5.59. The number of fused-ring (bicyclic) bond motifs is 1. The molecule has 2 rings (SSSR count). The van der Waals surface area contributed by atoms with Gasteiger partial charge in [0.1, 0.15) is 21.4 Å². The molecule has 0 bridgehead atoms. The van der Waals surface area contributed by atoms with Crippen molar-refractivity contribution in [3.8, 4) is 5.75 Å². The number of benzene rings is 1. The Balaban J connectivity index is 2.55. The third-order valence-electron chi connectivity index (χ3n) is 3.12. The van der Waals surface area contributed by atoms with Crippen molar-refractivity contribution in [2.75, 3.05) is 20.6 Å². The van der Waals surface area contributed by atoms with E-state index in [9.17, 15) is 5.11 Å². The first-order valence-electron chi connectivity index (χ1n) is 5.86. The van der Waals surface area contributed by atoms with E-state index in [2.05, 4.69) is 39.7 Å². The van der Waals surface area contributed by atoms with Gasteiger partial charge in [-0.1, -0.05) is 6.07 Å². The molecule has 0 aliphatic heterocycles. The summed E-state index contributed by atoms with van der Waals surface area (Å²) in [7, 11) is 8.52. The lowest BCUT2D eigenvalue weighted by Gasteiger charge is -2.28. The van der Waals surface area contributed by atoms with Gasteiger partial charge in [0.15, 0.2) is 0 Å². The second-order valence-corrected chi connectivity index (χ2v) is 5.52. The van der Waals surface area contributed by atoms with Crippen LogP contribution < -0.4 is 0 Å². The van der Waals surface area contributed by atoms with Gasteiger partial charge < -0.3 is 15.0 Å². The van der Waals surface area contributed by atoms with Crippen LogP contribution in [0.2, 0.25) is 0 Å². The van der Waals surface area contributed by atoms with E-state index in [1.807, 2.05) is 18.3 Å². The van der Waals surface area contributed by atoms with E-state index in [0.717, 1.165) is 17.4 Å². The minimum Gasteiger partial charge on any atom is -0.507 e. The van der Waals surface area contributed by atoms with E-state index >= 15 is 0 Å². The highest BCUT2D eigenvalue weighted by molar-refractivity contribution is 6.41. The van der Waals surface area contributed by atoms with Gasteiger partial charge in [-0.2, -0.15) is 0 Å². The Morgan fingerprint density at radius 3 is 2.71 bits per heavy atom. The molecule has 0 aliphatic carbocycles. The highest BCUT2D eigenvalue weighted by atomic mass is 16.3. The van der Waals surface area contributed by atoms with Crippen LogP contribution in [-0.4, -0.2) is 51.3 Å². The molecule has 2 aromatic rings. The molecule has 1 heterocycles. The third-order valence-corrected chi connectivity index (χ3v) is 3.12. The molecule has 88 valence electrons. The number of likely N-dealkylation sites (N-methyl/N-ethyl adjacent to an activating group) is 1. The summed E-state index contributed by atoms with van der Waals surface area (Å²) in [6.07, 6.45) is 2.01. The smallest absolute Gasteiger partial charge is 0.125 e. The van der Waals surface area contributed by atoms with Gasteiger partial charge in [0.25, 0.3) is 0 Å². The minimum atomic E-state index is 0.000579. The Labute approximate surface area is 104 Å². The molecule has 1 aromatic heterocycles. The molecule has 0 saturated carbocycles. The molecule has 0 atom stereocenters. The molecule has 17 heavy (non-hydrogen) atoms. The van der Waals surface area contributed by atoms with Crippen LogP contribution in [0.3, 0.4) is 0 Å². The number of nitrogens with zero attached hydrogens (tertiary/aromatic N) is 1. The monoisotopic (exact) mass is 228 g/mol. The average Bonchev–Trinajstić information content (AvgIpc) is 2.61. The fourth-order valence-electron chi connectivity index (χ4n) is 2.58. The Morgan fingerprint density at radius 1 is 1.35 bits per heavy atom. The Morgan fingerprint density at radius 2 is 2.06 bits per heavy atom. The predicted molar refractivity (Wildman–Crippen MR) is 77.3 cm³/mol. The summed E-state index contributed by atoms with van der Waals surface area (Å²) in [5.41, 5.74) is 2.16. The quantitative estimate of drug-likeness (QED) is 0.717. The minimum absolute atomic E-state index is 0.000579. The van der Waals surface area contributed by atoms with Crippen molar-refractivity contribution in [2.24, 2.45) is 0 Å². The molecule has 0 aliphatic rings. The van der Waals surface area contributed by atoms with E-state index in [0.29, 0.717) is 5.75 Å². The number of H-pyrrole nitrogens is 1. The zero-order valence-corrected chi connectivity index (χ0v) is 10.9. The van der Waals surface area contributed by atoms with Crippen molar-refractivity contribution in [3.63, 3.8) is 0 Å². The topological polar surface area (TPSA) is 39.3 Å². The first-order valence-corrected chi connectivity index (χ1v) is 5.86. The van der Waals surface area contributed by atoms with Gasteiger partial charge in [-0.3, -0.25) is 0 Å². The van der Waals surface area contributed by atoms with Crippen molar-refractivity contribution < 1.29 is 5.11 Å². The fraction of sp³-hybridized carbons (Fsp3) is 0.333. The van der Waals surface area contributed by atoms with Crippen LogP contribution in [0.5, 0.6) is 5.75 Å². The fourth-order valence-corrected chi connectivity index (χ4v) is 2.58. The van der Waals surface area contributed by atoms with Gasteiger partial charge in [0, 0.05) is 17.1 Å². The lowest BCUT2D eigenvalue weighted by atomic mass is 9.51. The maximum absolute atomic E-state index is 10.0. The summed E-state index contributed by atoms with van der Waals surface area (Å²) in [4.78, 5) is 5.40. The number of aromatic amines is 1. The number of aromatic hydroxyl groups is 1. The van der Waals surface area contributed by atoms with E-state index in [4.69, 9.17) is 0 Å². The summed E-state index contributed by atoms with van der Waals surface area (Å²) < 4.78 is 0. The van der Waals surface area contributed by atoms with Crippen LogP contribution >= 0.6 is 0 Å². The van der Waals surface area contributed by atoms with E-state index in [1.54, 1.807) is 6.07 Å². The van der Waals surface area contributed by atoms with Crippen LogP contribution in [-0.2, 0) is 5.21 Å². The second kappa shape index (κ2) is 4.15. The van der Waals surface area contributed by atoms with Crippen molar-refractivity contribution in [3.05, 3.63) is 30.0 Å². The molecule has 3 nitrogen and oxygen atoms in total. The number of hydrogen-bond donors (Lipinski definition) is 2. The largest absolute Gasteiger partial charge is 0.507 e. The summed E-state index contributed by atoms with van der Waals surface area (Å²) in [5, 5.41) is 10.9. The maximum atomic E-state index is 10.0. The van der Waals surface area contributed by atoms with Crippen LogP contribution in [0.1, 0.15) is 5.56 Å². The maximum Gasteiger partial charge on any atom is 0.125 e. The standard InChI is InChI=1S/C12H18B2N2O/c1-16(2)7-12(13,14)8-6-15-9-4-3-5-10(17)11(8)9/h3-6,15,17H,7,13-14H2,1-2H3. The molecule has 0 fully saturated rings. The van der Waals surface area contributed by atoms with Crippen molar-refractivity contribution in [1.82, 2.24) is 9.88 Å². The van der Waals surface area contributed by atoms with Crippen molar-refractivity contribution >= 4 is 26.6 Å². The van der Waals surface area contributed by atoms with Gasteiger partial charge in [0.2, 0.25) is 0 Å². The third kappa shape index (κ3) is 2.20. The summed E-state index contributed by atoms with van der Waals surface area (Å²) >= 11 is 0. The number of phenolic OH excluding ortho intramolecular Hbond substituents is 1. The van der Waals surface area contributed by atoms with Crippen LogP contribution in [0, 0.1) is 0 Å². The van der Waals surface area contributed by atoms with Gasteiger partial charge >= 0.3 is 0 Å². The second-order valence-electron chi connectivity index (χ2n) is 5.52. The number of hydrogen-bond acceptors (Lipinski definition) is 2. The predicted octanol–water partition coefficient (Wildman–Crippen LogP) is -0.146. The lowest BCUT2D eigenvalue weighted by Crippen LogP contribution is -2.38. The van der Waals surface area contributed by atoms with Crippen LogP contribution in [0.25, 0.3) is 10.9 Å². The molecule has 0 saturated heterocycles. The van der Waals surface area contributed by atoms with Gasteiger partial charge in [-0.15, -0.1) is 0 Å². The molecule has 2 N–H and O–H groups in total. The summed E-state index contributed by atoms with van der Waals surface area (Å²) in [5.74, 6) is 0.352. The molecule has 0 spiro atoms. The van der Waals surface area contributed by atoms with Crippen LogP contribution in [0.4, 0.5) is 0 Å². The highest BCUT2D eigenvalue weighted by Crippen LogP contribution is 2.33. The van der Waals surface area contributed by atoms with Crippen molar-refractivity contribution in [2.45, 2.75) is 5.21 Å². The molecule has 0 amide bonds. The van der Waals surface area contributed by atoms with Crippen molar-refractivity contribution in [1.29, 1.82) is 0 Å². The number of aromatic nitrogens is 1. The van der Waals surface area contributed by atoms with E-state index < -0.39 is 0 Å².